The van der Waals surface area contributed by atoms with Crippen LogP contribution in [0.2, 0.25) is 0 Å². The van der Waals surface area contributed by atoms with E-state index in [-0.39, 0.29) is 5.56 Å². The normalized spacial score (nSPS) is 13.0. The van der Waals surface area contributed by atoms with E-state index in [2.05, 4.69) is 0 Å². The van der Waals surface area contributed by atoms with E-state index in [1.54, 1.807) is 36.4 Å². The molecule has 1 aliphatic heterocycles. The van der Waals surface area contributed by atoms with Gasteiger partial charge in [-0.2, -0.15) is 0 Å². The highest BCUT2D eigenvalue weighted by atomic mass is 16.6. The second kappa shape index (κ2) is 5.42. The number of anilines is 1. The highest BCUT2D eigenvalue weighted by Gasteiger charge is 2.19. The number of ether oxygens (including phenoxy) is 2. The van der Waals surface area contributed by atoms with E-state index in [0.29, 0.717) is 46.9 Å². The molecule has 0 atom stereocenters. The fourth-order valence-corrected chi connectivity index (χ4v) is 2.63. The van der Waals surface area contributed by atoms with Crippen molar-refractivity contribution in [1.29, 1.82) is 0 Å². The first-order valence-electron chi connectivity index (χ1n) is 7.39. The third-order valence-corrected chi connectivity index (χ3v) is 3.81. The summed E-state index contributed by atoms with van der Waals surface area (Å²) < 4.78 is 16.1. The molecule has 3 aromatic rings. The van der Waals surface area contributed by atoms with Crippen molar-refractivity contribution in [2.75, 3.05) is 18.9 Å². The molecule has 0 unspecified atom stereocenters. The third kappa shape index (κ3) is 2.38. The fourth-order valence-electron chi connectivity index (χ4n) is 2.63. The highest BCUT2D eigenvalue weighted by molar-refractivity contribution is 6.10. The number of carbonyl (C=O) groups excluding carboxylic acids is 1. The molecule has 0 amide bonds. The van der Waals surface area contributed by atoms with Crippen LogP contribution >= 0.6 is 0 Å². The Bertz CT molecular complexity index is 1020. The van der Waals surface area contributed by atoms with Crippen LogP contribution in [0.4, 0.5) is 5.69 Å². The third-order valence-electron chi connectivity index (χ3n) is 3.81. The summed E-state index contributed by atoms with van der Waals surface area (Å²) in [6.45, 7) is 0.891. The van der Waals surface area contributed by atoms with Gasteiger partial charge in [0.1, 0.15) is 24.4 Å². The topological polar surface area (TPSA) is 91.8 Å². The summed E-state index contributed by atoms with van der Waals surface area (Å²) >= 11 is 0. The van der Waals surface area contributed by atoms with E-state index in [4.69, 9.17) is 19.6 Å². The van der Waals surface area contributed by atoms with E-state index in [1.165, 1.54) is 6.07 Å². The number of carbonyl (C=O) groups is 1. The van der Waals surface area contributed by atoms with E-state index >= 15 is 0 Å². The maximum absolute atomic E-state index is 12.7. The predicted octanol–water partition coefficient (Wildman–Crippen LogP) is 2.38. The van der Waals surface area contributed by atoms with Crippen LogP contribution in [0.5, 0.6) is 11.5 Å². The molecular formula is C18H13NO5. The number of hydrogen-bond acceptors (Lipinski definition) is 6. The van der Waals surface area contributed by atoms with E-state index in [0.717, 1.165) is 0 Å². The first-order valence-corrected chi connectivity index (χ1v) is 7.39. The molecule has 6 nitrogen and oxygen atoms in total. The number of rotatable bonds is 2. The molecule has 0 radical (unpaired) electrons. The Labute approximate surface area is 136 Å². The predicted molar refractivity (Wildman–Crippen MR) is 87.8 cm³/mol. The van der Waals surface area contributed by atoms with Gasteiger partial charge in [0, 0.05) is 22.7 Å². The van der Waals surface area contributed by atoms with E-state index < -0.39 is 11.4 Å². The van der Waals surface area contributed by atoms with Crippen molar-refractivity contribution >= 4 is 22.4 Å². The number of nitrogen functional groups attached to an aromatic ring is 1. The molecular weight excluding hydrogens is 310 g/mol. The zero-order valence-corrected chi connectivity index (χ0v) is 12.6. The minimum Gasteiger partial charge on any atom is -0.486 e. The van der Waals surface area contributed by atoms with Crippen molar-refractivity contribution in [3.05, 3.63) is 64.0 Å². The van der Waals surface area contributed by atoms with Crippen LogP contribution in [-0.4, -0.2) is 19.0 Å². The fraction of sp³-hybridized carbons (Fsp3) is 0.111. The lowest BCUT2D eigenvalue weighted by Crippen LogP contribution is -2.17. The van der Waals surface area contributed by atoms with Crippen LogP contribution < -0.4 is 20.8 Å². The molecule has 24 heavy (non-hydrogen) atoms. The van der Waals surface area contributed by atoms with Crippen molar-refractivity contribution in [1.82, 2.24) is 0 Å². The standard InChI is InChI=1S/C18H13NO5/c19-12-3-1-10-7-13(18(21)24-15(10)9-12)17(20)11-2-4-14-16(8-11)23-6-5-22-14/h1-4,7-9H,5-6,19H2. The molecule has 2 heterocycles. The number of nitrogens with two attached hydrogens (primary N) is 1. The van der Waals surface area contributed by atoms with Gasteiger partial charge in [0.25, 0.3) is 0 Å². The van der Waals surface area contributed by atoms with Gasteiger partial charge >= 0.3 is 5.63 Å². The molecule has 2 aromatic carbocycles. The lowest BCUT2D eigenvalue weighted by atomic mass is 10.0. The van der Waals surface area contributed by atoms with E-state index in [1.807, 2.05) is 0 Å². The number of ketones is 1. The Morgan fingerprint density at radius 2 is 1.75 bits per heavy atom. The van der Waals surface area contributed by atoms with Crippen LogP contribution in [0.1, 0.15) is 15.9 Å². The molecule has 0 saturated carbocycles. The second-order valence-electron chi connectivity index (χ2n) is 5.43. The van der Waals surface area contributed by atoms with Crippen LogP contribution in [0.15, 0.2) is 51.7 Å². The van der Waals surface area contributed by atoms with Crippen LogP contribution in [0, 0.1) is 0 Å². The summed E-state index contributed by atoms with van der Waals surface area (Å²) in [6, 6.07) is 11.3. The van der Waals surface area contributed by atoms with Gasteiger partial charge in [-0.25, -0.2) is 4.79 Å². The largest absolute Gasteiger partial charge is 0.486 e. The average Bonchev–Trinajstić information content (AvgIpc) is 2.60. The van der Waals surface area contributed by atoms with Crippen molar-refractivity contribution in [3.8, 4) is 11.5 Å². The van der Waals surface area contributed by atoms with Crippen LogP contribution in [0.25, 0.3) is 11.0 Å². The Kier molecular flexibility index (Phi) is 3.23. The Hall–Kier alpha value is -3.28. The van der Waals surface area contributed by atoms with Gasteiger partial charge in [0.15, 0.2) is 11.5 Å². The lowest BCUT2D eigenvalue weighted by Gasteiger charge is -2.18. The lowest BCUT2D eigenvalue weighted by molar-refractivity contribution is 0.103. The molecule has 2 N–H and O–H groups in total. The van der Waals surface area contributed by atoms with Gasteiger partial charge in [-0.15, -0.1) is 0 Å². The minimum absolute atomic E-state index is 0.0380. The first kappa shape index (κ1) is 14.3. The molecule has 0 spiro atoms. The summed E-state index contributed by atoms with van der Waals surface area (Å²) in [6.07, 6.45) is 0. The van der Waals surface area contributed by atoms with Crippen LogP contribution in [-0.2, 0) is 0 Å². The quantitative estimate of drug-likeness (QED) is 0.442. The van der Waals surface area contributed by atoms with Gasteiger partial charge < -0.3 is 19.6 Å². The van der Waals surface area contributed by atoms with Crippen molar-refractivity contribution in [3.63, 3.8) is 0 Å². The Morgan fingerprint density at radius 3 is 2.58 bits per heavy atom. The summed E-state index contributed by atoms with van der Waals surface area (Å²) in [5, 5.41) is 0.629. The van der Waals surface area contributed by atoms with Gasteiger partial charge in [-0.3, -0.25) is 4.79 Å². The molecule has 0 saturated heterocycles. The minimum atomic E-state index is -0.701. The van der Waals surface area contributed by atoms with E-state index in [9.17, 15) is 9.59 Å². The zero-order valence-electron chi connectivity index (χ0n) is 12.6. The summed E-state index contributed by atoms with van der Waals surface area (Å²) in [7, 11) is 0. The van der Waals surface area contributed by atoms with Gasteiger partial charge in [0.2, 0.25) is 5.78 Å². The molecule has 6 heteroatoms. The van der Waals surface area contributed by atoms with Gasteiger partial charge in [0.05, 0.1) is 0 Å². The second-order valence-corrected chi connectivity index (χ2v) is 5.43. The van der Waals surface area contributed by atoms with Crippen LogP contribution in [0.3, 0.4) is 0 Å². The Balaban J connectivity index is 1.79. The Morgan fingerprint density at radius 1 is 0.958 bits per heavy atom. The molecule has 0 bridgehead atoms. The molecule has 120 valence electrons. The molecule has 4 rings (SSSR count). The average molecular weight is 323 g/mol. The number of benzene rings is 2. The monoisotopic (exact) mass is 323 g/mol. The summed E-state index contributed by atoms with van der Waals surface area (Å²) in [5.41, 5.74) is 6.10. The van der Waals surface area contributed by atoms with Crippen molar-refractivity contribution in [2.24, 2.45) is 0 Å². The summed E-state index contributed by atoms with van der Waals surface area (Å²) in [4.78, 5) is 24.8. The van der Waals surface area contributed by atoms with Crippen molar-refractivity contribution in [2.45, 2.75) is 0 Å². The number of hydrogen-bond donors (Lipinski definition) is 1. The summed E-state index contributed by atoms with van der Waals surface area (Å²) in [5.74, 6) is 0.642. The maximum Gasteiger partial charge on any atom is 0.347 e. The maximum atomic E-state index is 12.7. The smallest absolute Gasteiger partial charge is 0.347 e. The molecule has 1 aromatic heterocycles. The molecule has 0 aliphatic carbocycles. The van der Waals surface area contributed by atoms with Gasteiger partial charge in [-0.1, -0.05) is 0 Å². The van der Waals surface area contributed by atoms with Gasteiger partial charge in [-0.05, 0) is 36.4 Å². The van der Waals surface area contributed by atoms with Crippen molar-refractivity contribution < 1.29 is 18.7 Å². The first-order chi connectivity index (χ1) is 11.6. The zero-order chi connectivity index (χ0) is 16.7. The molecule has 0 fully saturated rings. The molecule has 1 aliphatic rings. The SMILES string of the molecule is Nc1ccc2cc(C(=O)c3ccc4c(c3)OCCO4)c(=O)oc2c1. The number of fused-ring (bicyclic) bond motifs is 2. The highest BCUT2D eigenvalue weighted by Crippen LogP contribution is 2.31.